The van der Waals surface area contributed by atoms with E-state index >= 15 is 0 Å². The molecule has 0 aliphatic heterocycles. The van der Waals surface area contributed by atoms with Crippen LogP contribution in [0, 0.1) is 12.3 Å². The van der Waals surface area contributed by atoms with Gasteiger partial charge in [0.2, 0.25) is 0 Å². The molecule has 3 heteroatoms. The zero-order chi connectivity index (χ0) is 11.8. The van der Waals surface area contributed by atoms with E-state index in [0.717, 1.165) is 18.6 Å². The fraction of sp³-hybridized carbons (Fsp3) is 0.385. The average molecular weight is 238 g/mol. The summed E-state index contributed by atoms with van der Waals surface area (Å²) in [6, 6.07) is 7.62. The topological polar surface area (TPSA) is 21.3 Å². The van der Waals surface area contributed by atoms with Crippen LogP contribution >= 0.6 is 11.6 Å². The van der Waals surface area contributed by atoms with Crippen LogP contribution in [0.15, 0.2) is 24.3 Å². The zero-order valence-electron chi connectivity index (χ0n) is 9.37. The summed E-state index contributed by atoms with van der Waals surface area (Å²) in [7, 11) is 1.91. The highest BCUT2D eigenvalue weighted by Crippen LogP contribution is 2.15. The van der Waals surface area contributed by atoms with Crippen molar-refractivity contribution in [3.63, 3.8) is 0 Å². The van der Waals surface area contributed by atoms with Crippen LogP contribution in [0.4, 0.5) is 0 Å². The molecule has 1 rings (SSSR count). The van der Waals surface area contributed by atoms with Crippen molar-refractivity contribution in [3.05, 3.63) is 29.3 Å². The number of nitrogens with one attached hydrogen (secondary N) is 1. The number of benzene rings is 1. The van der Waals surface area contributed by atoms with Gasteiger partial charge in [-0.25, -0.2) is 0 Å². The Morgan fingerprint density at radius 3 is 2.69 bits per heavy atom. The predicted molar refractivity (Wildman–Crippen MR) is 67.9 cm³/mol. The van der Waals surface area contributed by atoms with Gasteiger partial charge in [0.15, 0.2) is 0 Å². The molecule has 86 valence electrons. The van der Waals surface area contributed by atoms with E-state index in [4.69, 9.17) is 22.8 Å². The molecule has 0 amide bonds. The lowest BCUT2D eigenvalue weighted by Gasteiger charge is -2.15. The van der Waals surface area contributed by atoms with Crippen LogP contribution in [0.3, 0.4) is 0 Å². The third kappa shape index (κ3) is 4.57. The summed E-state index contributed by atoms with van der Waals surface area (Å²) in [5, 5.41) is 3.88. The molecule has 0 spiro atoms. The summed E-state index contributed by atoms with van der Waals surface area (Å²) >= 11 is 5.78. The minimum atomic E-state index is 0.284. The molecule has 0 saturated carbocycles. The van der Waals surface area contributed by atoms with Gasteiger partial charge in [-0.05, 0) is 37.7 Å². The normalized spacial score (nSPS) is 11.8. The van der Waals surface area contributed by atoms with Crippen molar-refractivity contribution < 1.29 is 4.74 Å². The zero-order valence-corrected chi connectivity index (χ0v) is 10.1. The second kappa shape index (κ2) is 7.16. The van der Waals surface area contributed by atoms with Crippen LogP contribution in [0.1, 0.15) is 12.8 Å². The molecule has 0 radical (unpaired) electrons. The lowest BCUT2D eigenvalue weighted by Crippen LogP contribution is -2.31. The van der Waals surface area contributed by atoms with Crippen molar-refractivity contribution >= 4 is 11.6 Å². The van der Waals surface area contributed by atoms with Crippen molar-refractivity contribution in [2.45, 2.75) is 18.9 Å². The fourth-order valence-corrected chi connectivity index (χ4v) is 1.42. The summed E-state index contributed by atoms with van der Waals surface area (Å²) < 4.78 is 5.62. The van der Waals surface area contributed by atoms with Gasteiger partial charge in [-0.3, -0.25) is 0 Å². The molecule has 2 nitrogen and oxygen atoms in total. The van der Waals surface area contributed by atoms with E-state index < -0.39 is 0 Å². The maximum absolute atomic E-state index is 5.78. The minimum Gasteiger partial charge on any atom is -0.492 e. The lowest BCUT2D eigenvalue weighted by molar-refractivity contribution is 0.264. The molecule has 0 aliphatic rings. The molecular weight excluding hydrogens is 222 g/mol. The van der Waals surface area contributed by atoms with Crippen molar-refractivity contribution in [1.29, 1.82) is 0 Å². The molecule has 1 N–H and O–H groups in total. The second-order valence-electron chi connectivity index (χ2n) is 3.49. The van der Waals surface area contributed by atoms with Crippen molar-refractivity contribution in [1.82, 2.24) is 5.32 Å². The maximum atomic E-state index is 5.78. The molecular formula is C13H16ClNO. The van der Waals surface area contributed by atoms with E-state index in [1.807, 2.05) is 31.3 Å². The van der Waals surface area contributed by atoms with Gasteiger partial charge in [-0.2, -0.15) is 0 Å². The number of hydrogen-bond acceptors (Lipinski definition) is 2. The highest BCUT2D eigenvalue weighted by Gasteiger charge is 2.05. The van der Waals surface area contributed by atoms with Crippen LogP contribution in [0.25, 0.3) is 0 Å². The average Bonchev–Trinajstić information content (AvgIpc) is 2.32. The quantitative estimate of drug-likeness (QED) is 0.769. The Morgan fingerprint density at radius 1 is 1.44 bits per heavy atom. The first kappa shape index (κ1) is 12.9. The highest BCUT2D eigenvalue weighted by atomic mass is 35.5. The highest BCUT2D eigenvalue weighted by molar-refractivity contribution is 6.30. The molecule has 0 bridgehead atoms. The third-order valence-electron chi connectivity index (χ3n) is 2.31. The Hall–Kier alpha value is -1.17. The van der Waals surface area contributed by atoms with Crippen LogP contribution in [-0.4, -0.2) is 19.7 Å². The molecule has 1 atom stereocenters. The smallest absolute Gasteiger partial charge is 0.119 e. The van der Waals surface area contributed by atoms with E-state index in [1.54, 1.807) is 0 Å². The number of likely N-dealkylation sites (N-methyl/N-ethyl adjacent to an activating group) is 1. The molecule has 0 aliphatic carbocycles. The van der Waals surface area contributed by atoms with Gasteiger partial charge in [-0.15, -0.1) is 12.3 Å². The number of rotatable bonds is 6. The first-order valence-electron chi connectivity index (χ1n) is 5.25. The summed E-state index contributed by atoms with van der Waals surface area (Å²) in [5.74, 6) is 3.45. The summed E-state index contributed by atoms with van der Waals surface area (Å²) in [5.41, 5.74) is 0. The fourth-order valence-electron chi connectivity index (χ4n) is 1.30. The number of hydrogen-bond donors (Lipinski definition) is 1. The largest absolute Gasteiger partial charge is 0.492 e. The molecule has 0 aromatic heterocycles. The molecule has 0 fully saturated rings. The van der Waals surface area contributed by atoms with Gasteiger partial charge in [0.05, 0.1) is 0 Å². The maximum Gasteiger partial charge on any atom is 0.119 e. The second-order valence-corrected chi connectivity index (χ2v) is 3.93. The monoisotopic (exact) mass is 237 g/mol. The first-order valence-corrected chi connectivity index (χ1v) is 5.63. The Kier molecular flexibility index (Phi) is 5.77. The molecule has 1 unspecified atom stereocenters. The van der Waals surface area contributed by atoms with E-state index in [0.29, 0.717) is 11.6 Å². The van der Waals surface area contributed by atoms with E-state index in [2.05, 4.69) is 11.2 Å². The Labute approximate surface area is 102 Å². The van der Waals surface area contributed by atoms with Crippen LogP contribution in [0.2, 0.25) is 5.02 Å². The van der Waals surface area contributed by atoms with Gasteiger partial charge in [0, 0.05) is 17.5 Å². The van der Waals surface area contributed by atoms with Crippen LogP contribution < -0.4 is 10.1 Å². The standard InChI is InChI=1S/C13H16ClNO/c1-3-4-5-12(15-2)10-16-13-8-6-11(14)7-9-13/h1,6-9,12,15H,4-5,10H2,2H3. The number of halogens is 1. The molecule has 0 heterocycles. The van der Waals surface area contributed by atoms with Gasteiger partial charge in [-0.1, -0.05) is 11.6 Å². The SMILES string of the molecule is C#CCCC(COc1ccc(Cl)cc1)NC. The van der Waals surface area contributed by atoms with Crippen LogP contribution in [-0.2, 0) is 0 Å². The Bertz CT molecular complexity index is 342. The molecule has 0 saturated heterocycles. The first-order chi connectivity index (χ1) is 7.76. The Balaban J connectivity index is 2.37. The van der Waals surface area contributed by atoms with Gasteiger partial charge >= 0.3 is 0 Å². The predicted octanol–water partition coefficient (Wildman–Crippen LogP) is 2.72. The van der Waals surface area contributed by atoms with Crippen molar-refractivity contribution in [3.8, 4) is 18.1 Å². The summed E-state index contributed by atoms with van der Waals surface area (Å²) in [4.78, 5) is 0. The lowest BCUT2D eigenvalue weighted by atomic mass is 10.2. The van der Waals surface area contributed by atoms with Gasteiger partial charge < -0.3 is 10.1 Å². The molecule has 16 heavy (non-hydrogen) atoms. The minimum absolute atomic E-state index is 0.284. The van der Waals surface area contributed by atoms with E-state index in [9.17, 15) is 0 Å². The molecule has 1 aromatic rings. The summed E-state index contributed by atoms with van der Waals surface area (Å²) in [6.07, 6.45) is 6.90. The van der Waals surface area contributed by atoms with Gasteiger partial charge in [0.25, 0.3) is 0 Å². The van der Waals surface area contributed by atoms with Crippen molar-refractivity contribution in [2.75, 3.05) is 13.7 Å². The molecule has 1 aromatic carbocycles. The van der Waals surface area contributed by atoms with Crippen LogP contribution in [0.5, 0.6) is 5.75 Å². The number of terminal acetylenes is 1. The van der Waals surface area contributed by atoms with Crippen molar-refractivity contribution in [2.24, 2.45) is 0 Å². The Morgan fingerprint density at radius 2 is 2.12 bits per heavy atom. The summed E-state index contributed by atoms with van der Waals surface area (Å²) in [6.45, 7) is 0.611. The van der Waals surface area contributed by atoms with E-state index in [-0.39, 0.29) is 6.04 Å². The number of ether oxygens (including phenoxy) is 1. The van der Waals surface area contributed by atoms with Gasteiger partial charge in [0.1, 0.15) is 12.4 Å². The third-order valence-corrected chi connectivity index (χ3v) is 2.56. The van der Waals surface area contributed by atoms with E-state index in [1.165, 1.54) is 0 Å².